The number of thiocarbonyl (C=S) groups is 1. The molecule has 0 saturated carbocycles. The van der Waals surface area contributed by atoms with Crippen molar-refractivity contribution in [1.29, 1.82) is 0 Å². The van der Waals surface area contributed by atoms with Crippen molar-refractivity contribution < 1.29 is 18.5 Å². The lowest BCUT2D eigenvalue weighted by Gasteiger charge is -2.16. The summed E-state index contributed by atoms with van der Waals surface area (Å²) in [6.07, 6.45) is 0. The maximum Gasteiger partial charge on any atom is 0.223 e. The van der Waals surface area contributed by atoms with Crippen LogP contribution in [0.1, 0.15) is 17.5 Å². The van der Waals surface area contributed by atoms with Gasteiger partial charge in [-0.25, -0.2) is 0 Å². The number of halogens is 1. The second-order valence-corrected chi connectivity index (χ2v) is 6.60. The highest BCUT2D eigenvalue weighted by atomic mass is 32.1. The number of nitrogens with one attached hydrogen (secondary N) is 1. The van der Waals surface area contributed by atoms with Crippen molar-refractivity contribution >= 4 is 28.6 Å². The molecule has 0 spiro atoms. The number of fused-ring (bicyclic) bond motifs is 1. The molecule has 9 heteroatoms. The van der Waals surface area contributed by atoms with Gasteiger partial charge in [-0.2, -0.15) is 10.1 Å². The lowest BCUT2D eigenvalue weighted by Crippen LogP contribution is -2.22. The summed E-state index contributed by atoms with van der Waals surface area (Å²) in [6, 6.07) is 10.2. The lowest BCUT2D eigenvalue weighted by atomic mass is 10.1. The van der Waals surface area contributed by atoms with Gasteiger partial charge in [0.15, 0.2) is 11.5 Å². The van der Waals surface area contributed by atoms with Crippen LogP contribution in [-0.4, -0.2) is 29.3 Å². The van der Waals surface area contributed by atoms with Gasteiger partial charge in [-0.3, -0.25) is 0 Å². The second kappa shape index (κ2) is 7.08. The van der Waals surface area contributed by atoms with E-state index >= 15 is 0 Å². The number of hydrogen-bond donors (Lipinski definition) is 1. The van der Waals surface area contributed by atoms with Gasteiger partial charge in [0, 0.05) is 29.8 Å². The zero-order valence-electron chi connectivity index (χ0n) is 15.4. The highest BCUT2D eigenvalue weighted by molar-refractivity contribution is 7.80. The van der Waals surface area contributed by atoms with Crippen molar-refractivity contribution in [1.82, 2.24) is 10.1 Å². The first kappa shape index (κ1) is 18.2. The van der Waals surface area contributed by atoms with Gasteiger partial charge in [0.25, 0.3) is 0 Å². The zero-order valence-corrected chi connectivity index (χ0v) is 16.2. The Morgan fingerprint density at radius 2 is 1.82 bits per heavy atom. The number of anilines is 2. The van der Waals surface area contributed by atoms with E-state index in [4.69, 9.17) is 26.2 Å². The molecule has 144 valence electrons. The Morgan fingerprint density at radius 3 is 2.43 bits per heavy atom. The fraction of sp³-hybridized carbons (Fsp3) is 0.211. The zero-order chi connectivity index (χ0) is 19.8. The van der Waals surface area contributed by atoms with E-state index in [0.717, 1.165) is 11.3 Å². The van der Waals surface area contributed by atoms with Crippen LogP contribution in [0.15, 0.2) is 40.9 Å². The Kier molecular flexibility index (Phi) is 4.60. The van der Waals surface area contributed by atoms with Gasteiger partial charge >= 0.3 is 0 Å². The Balaban J connectivity index is 1.63. The van der Waals surface area contributed by atoms with Gasteiger partial charge < -0.3 is 19.3 Å². The summed E-state index contributed by atoms with van der Waals surface area (Å²) in [5.74, 6) is 1.95. The van der Waals surface area contributed by atoms with Gasteiger partial charge in [-0.1, -0.05) is 21.9 Å². The van der Waals surface area contributed by atoms with E-state index in [1.165, 1.54) is 14.2 Å². The molecule has 0 bridgehead atoms. The topological polar surface area (TPSA) is 72.7 Å². The summed E-state index contributed by atoms with van der Waals surface area (Å²) in [4.78, 5) is 4.31. The summed E-state index contributed by atoms with van der Waals surface area (Å²) in [5, 5.41) is 7.65. The fourth-order valence-corrected chi connectivity index (χ4v) is 3.37. The highest BCUT2D eigenvalue weighted by Gasteiger charge is 2.36. The van der Waals surface area contributed by atoms with E-state index in [1.54, 1.807) is 19.1 Å². The van der Waals surface area contributed by atoms with Gasteiger partial charge in [-0.15, -0.1) is 0 Å². The third-order valence-electron chi connectivity index (χ3n) is 4.48. The van der Waals surface area contributed by atoms with Crippen LogP contribution >= 0.6 is 12.2 Å². The Bertz CT molecular complexity index is 1040. The minimum atomic E-state index is -0.520. The maximum atomic E-state index is 14.6. The standard InChI is InChI=1S/C19H17FN4O3S/c1-10-21-18(23-27-10)11-4-6-12(7-5-11)22-17-13-8-15(25-2)16(26-3)9-14(13)24(20)19(17)28/h4-9,17,22H,1-3H3. The first-order valence-electron chi connectivity index (χ1n) is 8.44. The number of nitrogens with zero attached hydrogens (tertiary/aromatic N) is 3. The van der Waals surface area contributed by atoms with Crippen LogP contribution in [0.25, 0.3) is 11.4 Å². The minimum Gasteiger partial charge on any atom is -0.493 e. The minimum absolute atomic E-state index is 0.114. The number of hydrogen-bond acceptors (Lipinski definition) is 7. The molecule has 0 radical (unpaired) electrons. The van der Waals surface area contributed by atoms with Crippen molar-refractivity contribution in [3.63, 3.8) is 0 Å². The third-order valence-corrected chi connectivity index (χ3v) is 4.87. The van der Waals surface area contributed by atoms with E-state index in [2.05, 4.69) is 15.5 Å². The average Bonchev–Trinajstić information content (AvgIpc) is 3.25. The molecule has 1 N–H and O–H groups in total. The summed E-state index contributed by atoms with van der Waals surface area (Å²) in [7, 11) is 3.04. The second-order valence-electron chi connectivity index (χ2n) is 6.18. The van der Waals surface area contributed by atoms with Crippen molar-refractivity contribution in [2.45, 2.75) is 13.0 Å². The van der Waals surface area contributed by atoms with Gasteiger partial charge in [0.2, 0.25) is 11.7 Å². The SMILES string of the molecule is COc1cc2c(cc1OC)N(F)C(=S)C2Nc1ccc(-c2noc(C)n2)cc1. The molecule has 3 aromatic rings. The molecule has 0 fully saturated rings. The molecule has 7 nitrogen and oxygen atoms in total. The van der Waals surface area contributed by atoms with Crippen molar-refractivity contribution in [3.05, 3.63) is 47.9 Å². The molecule has 0 amide bonds. The quantitative estimate of drug-likeness (QED) is 0.503. The highest BCUT2D eigenvalue weighted by Crippen LogP contribution is 2.45. The van der Waals surface area contributed by atoms with E-state index in [1.807, 2.05) is 24.3 Å². The number of aromatic nitrogens is 2. The summed E-state index contributed by atoms with van der Waals surface area (Å²) in [5.41, 5.74) is 2.59. The van der Waals surface area contributed by atoms with Gasteiger partial charge in [0.1, 0.15) is 11.0 Å². The van der Waals surface area contributed by atoms with Crippen molar-refractivity contribution in [2.24, 2.45) is 0 Å². The summed E-state index contributed by atoms with van der Waals surface area (Å²) < 4.78 is 30.2. The van der Waals surface area contributed by atoms with Crippen LogP contribution in [0, 0.1) is 6.92 Å². The molecule has 2 heterocycles. The molecule has 0 saturated heterocycles. The molecule has 28 heavy (non-hydrogen) atoms. The van der Waals surface area contributed by atoms with Crippen LogP contribution in [0.3, 0.4) is 0 Å². The normalized spacial score (nSPS) is 15.5. The molecule has 1 aliphatic heterocycles. The van der Waals surface area contributed by atoms with Gasteiger partial charge in [-0.05, 0) is 30.3 Å². The first-order valence-corrected chi connectivity index (χ1v) is 8.85. The predicted molar refractivity (Wildman–Crippen MR) is 107 cm³/mol. The molecule has 4 rings (SSSR count). The van der Waals surface area contributed by atoms with Crippen LogP contribution in [0.4, 0.5) is 15.9 Å². The Morgan fingerprint density at radius 1 is 1.14 bits per heavy atom. The van der Waals surface area contributed by atoms with Crippen molar-refractivity contribution in [2.75, 3.05) is 24.7 Å². The summed E-state index contributed by atoms with van der Waals surface area (Å²) in [6.45, 7) is 1.73. The van der Waals surface area contributed by atoms with E-state index in [0.29, 0.717) is 39.6 Å². The molecule has 2 aromatic carbocycles. The number of ether oxygens (including phenoxy) is 2. The molecular weight excluding hydrogens is 383 g/mol. The fourth-order valence-electron chi connectivity index (χ4n) is 3.09. The molecule has 1 atom stereocenters. The number of aryl methyl sites for hydroxylation is 1. The smallest absolute Gasteiger partial charge is 0.223 e. The van der Waals surface area contributed by atoms with Gasteiger partial charge in [0.05, 0.1) is 19.9 Å². The Labute approximate surface area is 166 Å². The van der Waals surface area contributed by atoms with E-state index in [9.17, 15) is 4.48 Å². The monoisotopic (exact) mass is 400 g/mol. The molecule has 1 unspecified atom stereocenters. The molecular formula is C19H17FN4O3S. The predicted octanol–water partition coefficient (Wildman–Crippen LogP) is 4.25. The van der Waals surface area contributed by atoms with Crippen LogP contribution in [-0.2, 0) is 0 Å². The number of rotatable bonds is 5. The molecule has 1 aliphatic rings. The Hall–Kier alpha value is -3.20. The summed E-state index contributed by atoms with van der Waals surface area (Å²) >= 11 is 5.31. The number of methoxy groups -OCH3 is 2. The molecule has 0 aliphatic carbocycles. The van der Waals surface area contributed by atoms with E-state index < -0.39 is 6.04 Å². The average molecular weight is 400 g/mol. The largest absolute Gasteiger partial charge is 0.493 e. The molecule has 1 aromatic heterocycles. The number of benzene rings is 2. The van der Waals surface area contributed by atoms with Crippen LogP contribution in [0.2, 0.25) is 0 Å². The maximum absolute atomic E-state index is 14.6. The van der Waals surface area contributed by atoms with E-state index in [-0.39, 0.29) is 4.99 Å². The van der Waals surface area contributed by atoms with Crippen molar-refractivity contribution in [3.8, 4) is 22.9 Å². The van der Waals surface area contributed by atoms with Crippen LogP contribution < -0.4 is 19.9 Å². The lowest BCUT2D eigenvalue weighted by molar-refractivity contribution is 0.354. The van der Waals surface area contributed by atoms with Crippen LogP contribution in [0.5, 0.6) is 11.5 Å². The first-order chi connectivity index (χ1) is 13.5. The third kappa shape index (κ3) is 3.03.